The first-order chi connectivity index (χ1) is 8.60. The van der Waals surface area contributed by atoms with Crippen molar-refractivity contribution in [2.24, 2.45) is 0 Å². The molecule has 1 aromatic heterocycles. The third kappa shape index (κ3) is 2.51. The number of aryl methyl sites for hydroxylation is 1. The zero-order chi connectivity index (χ0) is 13.1. The predicted molar refractivity (Wildman–Crippen MR) is 66.0 cm³/mol. The van der Waals surface area contributed by atoms with Crippen LogP contribution in [0, 0.1) is 6.92 Å². The van der Waals surface area contributed by atoms with Gasteiger partial charge in [0.2, 0.25) is 0 Å². The van der Waals surface area contributed by atoms with Crippen LogP contribution in [0.3, 0.4) is 0 Å². The second kappa shape index (κ2) is 4.91. The number of carboxylic acids is 1. The zero-order valence-corrected chi connectivity index (χ0v) is 10.3. The van der Waals surface area contributed by atoms with Crippen LogP contribution in [0.1, 0.15) is 21.9 Å². The van der Waals surface area contributed by atoms with E-state index in [4.69, 9.17) is 9.84 Å². The topological polar surface area (TPSA) is 64.3 Å². The smallest absolute Gasteiger partial charge is 0.356 e. The normalized spacial score (nSPS) is 10.3. The number of carboxylic acid groups (broad SMARTS) is 1. The Morgan fingerprint density at radius 3 is 2.89 bits per heavy atom. The van der Waals surface area contributed by atoms with Gasteiger partial charge in [-0.15, -0.1) is 0 Å². The van der Waals surface area contributed by atoms with Crippen molar-refractivity contribution in [3.8, 4) is 5.75 Å². The fraction of sp³-hybridized carbons (Fsp3) is 0.231. The monoisotopic (exact) mass is 246 g/mol. The van der Waals surface area contributed by atoms with Crippen LogP contribution in [0.2, 0.25) is 0 Å². The van der Waals surface area contributed by atoms with Crippen molar-refractivity contribution in [3.05, 3.63) is 47.5 Å². The van der Waals surface area contributed by atoms with Gasteiger partial charge in [-0.2, -0.15) is 0 Å². The van der Waals surface area contributed by atoms with E-state index in [1.165, 1.54) is 6.20 Å². The van der Waals surface area contributed by atoms with Crippen LogP contribution in [0.25, 0.3) is 0 Å². The maximum absolute atomic E-state index is 10.8. The average molecular weight is 246 g/mol. The molecule has 0 amide bonds. The highest BCUT2D eigenvalue weighted by atomic mass is 16.5. The Morgan fingerprint density at radius 1 is 1.50 bits per heavy atom. The molecule has 0 fully saturated rings. The van der Waals surface area contributed by atoms with Crippen molar-refractivity contribution < 1.29 is 14.6 Å². The van der Waals surface area contributed by atoms with Crippen LogP contribution in [-0.2, 0) is 6.54 Å². The standard InChI is InChI=1S/C13H14N2O3/c1-9-14-12(13(16)17)8-15(9)7-10-4-3-5-11(6-10)18-2/h3-6,8H,7H2,1-2H3,(H,16,17). The Kier molecular flexibility index (Phi) is 3.32. The molecule has 1 heterocycles. The molecule has 0 saturated carbocycles. The maximum Gasteiger partial charge on any atom is 0.356 e. The van der Waals surface area contributed by atoms with Crippen molar-refractivity contribution >= 4 is 5.97 Å². The van der Waals surface area contributed by atoms with Crippen LogP contribution in [0.5, 0.6) is 5.75 Å². The average Bonchev–Trinajstić information content (AvgIpc) is 2.71. The van der Waals surface area contributed by atoms with E-state index in [1.54, 1.807) is 18.6 Å². The van der Waals surface area contributed by atoms with Crippen molar-refractivity contribution in [1.29, 1.82) is 0 Å². The number of rotatable bonds is 4. The molecule has 2 rings (SSSR count). The first kappa shape index (κ1) is 12.2. The van der Waals surface area contributed by atoms with Crippen molar-refractivity contribution in [3.63, 3.8) is 0 Å². The number of aromatic nitrogens is 2. The molecule has 0 aliphatic heterocycles. The molecule has 94 valence electrons. The summed E-state index contributed by atoms with van der Waals surface area (Å²) in [6, 6.07) is 7.65. The maximum atomic E-state index is 10.8. The fourth-order valence-corrected chi connectivity index (χ4v) is 1.74. The molecule has 2 aromatic rings. The summed E-state index contributed by atoms with van der Waals surface area (Å²) in [4.78, 5) is 14.8. The predicted octanol–water partition coefficient (Wildman–Crippen LogP) is 1.95. The molecule has 5 nitrogen and oxygen atoms in total. The summed E-state index contributed by atoms with van der Waals surface area (Å²) >= 11 is 0. The molecule has 18 heavy (non-hydrogen) atoms. The molecular weight excluding hydrogens is 232 g/mol. The summed E-state index contributed by atoms with van der Waals surface area (Å²) in [7, 11) is 1.62. The lowest BCUT2D eigenvalue weighted by atomic mass is 10.2. The van der Waals surface area contributed by atoms with Crippen molar-refractivity contribution in [2.45, 2.75) is 13.5 Å². The molecular formula is C13H14N2O3. The molecule has 0 unspecified atom stereocenters. The molecule has 5 heteroatoms. The summed E-state index contributed by atoms with van der Waals surface area (Å²) < 4.78 is 6.95. The van der Waals surface area contributed by atoms with E-state index in [9.17, 15) is 4.79 Å². The molecule has 0 spiro atoms. The number of aromatic carboxylic acids is 1. The van der Waals surface area contributed by atoms with Crippen LogP contribution in [0.15, 0.2) is 30.5 Å². The number of nitrogens with zero attached hydrogens (tertiary/aromatic N) is 2. The van der Waals surface area contributed by atoms with Gasteiger partial charge in [0.25, 0.3) is 0 Å². The third-order valence-electron chi connectivity index (χ3n) is 2.68. The lowest BCUT2D eigenvalue weighted by molar-refractivity contribution is 0.0691. The molecule has 0 saturated heterocycles. The van der Waals surface area contributed by atoms with E-state index in [0.717, 1.165) is 11.3 Å². The Labute approximate surface area is 105 Å². The van der Waals surface area contributed by atoms with Crippen molar-refractivity contribution in [1.82, 2.24) is 9.55 Å². The minimum absolute atomic E-state index is 0.0652. The zero-order valence-electron chi connectivity index (χ0n) is 10.3. The van der Waals surface area contributed by atoms with Gasteiger partial charge >= 0.3 is 5.97 Å². The number of carbonyl (C=O) groups is 1. The van der Waals surface area contributed by atoms with Gasteiger partial charge in [0.1, 0.15) is 11.6 Å². The summed E-state index contributed by atoms with van der Waals surface area (Å²) in [6.45, 7) is 2.36. The minimum atomic E-state index is -1.01. The molecule has 1 aromatic carbocycles. The number of hydrogen-bond donors (Lipinski definition) is 1. The lowest BCUT2D eigenvalue weighted by Crippen LogP contribution is -2.01. The second-order valence-electron chi connectivity index (χ2n) is 3.96. The molecule has 0 radical (unpaired) electrons. The van der Waals surface area contributed by atoms with Crippen molar-refractivity contribution in [2.75, 3.05) is 7.11 Å². The van der Waals surface area contributed by atoms with Crippen LogP contribution >= 0.6 is 0 Å². The van der Waals surface area contributed by atoms with E-state index in [-0.39, 0.29) is 5.69 Å². The Bertz CT molecular complexity index is 575. The summed E-state index contributed by atoms with van der Waals surface area (Å²) in [5, 5.41) is 8.88. The minimum Gasteiger partial charge on any atom is -0.497 e. The van der Waals surface area contributed by atoms with Gasteiger partial charge in [0.15, 0.2) is 5.69 Å². The molecule has 0 aliphatic carbocycles. The van der Waals surface area contributed by atoms with Gasteiger partial charge in [-0.05, 0) is 24.6 Å². The van der Waals surface area contributed by atoms with Crippen LogP contribution in [-0.4, -0.2) is 27.7 Å². The molecule has 0 atom stereocenters. The van der Waals surface area contributed by atoms with Gasteiger partial charge in [-0.25, -0.2) is 9.78 Å². The number of methoxy groups -OCH3 is 1. The van der Waals surface area contributed by atoms with E-state index in [0.29, 0.717) is 12.4 Å². The highest BCUT2D eigenvalue weighted by Gasteiger charge is 2.10. The van der Waals surface area contributed by atoms with E-state index < -0.39 is 5.97 Å². The summed E-state index contributed by atoms with van der Waals surface area (Å²) in [6.07, 6.45) is 1.54. The van der Waals surface area contributed by atoms with E-state index in [2.05, 4.69) is 4.98 Å². The molecule has 0 bridgehead atoms. The van der Waals surface area contributed by atoms with Gasteiger partial charge in [-0.3, -0.25) is 0 Å². The fourth-order valence-electron chi connectivity index (χ4n) is 1.74. The quantitative estimate of drug-likeness (QED) is 0.895. The summed E-state index contributed by atoms with van der Waals surface area (Å²) in [5.74, 6) is 0.446. The SMILES string of the molecule is COc1cccc(Cn2cc(C(=O)O)nc2C)c1. The Balaban J connectivity index is 2.25. The van der Waals surface area contributed by atoms with Gasteiger partial charge in [0.05, 0.1) is 7.11 Å². The largest absolute Gasteiger partial charge is 0.497 e. The molecule has 1 N–H and O–H groups in total. The Morgan fingerprint density at radius 2 is 2.28 bits per heavy atom. The molecule has 0 aliphatic rings. The van der Waals surface area contributed by atoms with Crippen LogP contribution in [0.4, 0.5) is 0 Å². The first-order valence-electron chi connectivity index (χ1n) is 5.50. The highest BCUT2D eigenvalue weighted by Crippen LogP contribution is 2.14. The Hall–Kier alpha value is -2.30. The highest BCUT2D eigenvalue weighted by molar-refractivity contribution is 5.85. The van der Waals surface area contributed by atoms with Gasteiger partial charge in [0, 0.05) is 12.7 Å². The lowest BCUT2D eigenvalue weighted by Gasteiger charge is -2.06. The van der Waals surface area contributed by atoms with Gasteiger partial charge in [-0.1, -0.05) is 12.1 Å². The van der Waals surface area contributed by atoms with E-state index in [1.807, 2.05) is 24.3 Å². The number of imidazole rings is 1. The number of ether oxygens (including phenoxy) is 1. The number of hydrogen-bond acceptors (Lipinski definition) is 3. The summed E-state index contributed by atoms with van der Waals surface area (Å²) in [5.41, 5.74) is 1.10. The number of benzene rings is 1. The van der Waals surface area contributed by atoms with Gasteiger partial charge < -0.3 is 14.4 Å². The second-order valence-corrected chi connectivity index (χ2v) is 3.96. The third-order valence-corrected chi connectivity index (χ3v) is 2.68. The van der Waals surface area contributed by atoms with E-state index >= 15 is 0 Å². The van der Waals surface area contributed by atoms with Crippen LogP contribution < -0.4 is 4.74 Å². The first-order valence-corrected chi connectivity index (χ1v) is 5.50.